The molecule has 0 unspecified atom stereocenters. The van der Waals surface area contributed by atoms with Crippen molar-refractivity contribution in [3.8, 4) is 0 Å². The number of hydrogen-bond acceptors (Lipinski definition) is 1. The summed E-state index contributed by atoms with van der Waals surface area (Å²) in [5, 5.41) is 6.27. The molecular weight excluding hydrogens is 430 g/mol. The molecule has 33 heavy (non-hydrogen) atoms. The molecule has 0 aliphatic carbocycles. The monoisotopic (exact) mass is 460 g/mol. The SMILES string of the molecule is CCCCCCCCCCc1ccc2cc3c(cc2c1)sc1cc2cc(F)c(F)cc2cc13. The van der Waals surface area contributed by atoms with Gasteiger partial charge >= 0.3 is 0 Å². The maximum Gasteiger partial charge on any atom is 0.159 e. The highest BCUT2D eigenvalue weighted by atomic mass is 32.1. The molecule has 0 atom stereocenters. The van der Waals surface area contributed by atoms with E-state index in [-0.39, 0.29) is 0 Å². The molecule has 4 aromatic carbocycles. The Balaban J connectivity index is 1.36. The van der Waals surface area contributed by atoms with Gasteiger partial charge in [0.15, 0.2) is 11.6 Å². The van der Waals surface area contributed by atoms with Gasteiger partial charge in [-0.3, -0.25) is 0 Å². The normalized spacial score (nSPS) is 12.0. The lowest BCUT2D eigenvalue weighted by molar-refractivity contribution is 0.511. The Morgan fingerprint density at radius 1 is 0.576 bits per heavy atom. The van der Waals surface area contributed by atoms with Gasteiger partial charge in [0.2, 0.25) is 0 Å². The lowest BCUT2D eigenvalue weighted by Crippen LogP contribution is -1.87. The first-order valence-corrected chi connectivity index (χ1v) is 13.1. The van der Waals surface area contributed by atoms with Gasteiger partial charge in [-0.1, -0.05) is 70.1 Å². The standard InChI is InChI=1S/C30H30F2S/c1-2-3-4-5-6-7-8-9-10-20-11-12-21-14-25-26-15-23-16-27(31)28(32)17-24(23)19-30(26)33-29(25)18-22(21)13-20/h11-19H,2-10H2,1H3. The van der Waals surface area contributed by atoms with Crippen molar-refractivity contribution in [2.75, 3.05) is 0 Å². The van der Waals surface area contributed by atoms with Crippen LogP contribution in [0.25, 0.3) is 41.7 Å². The van der Waals surface area contributed by atoms with Crippen LogP contribution in [0, 0.1) is 11.6 Å². The number of aryl methyl sites for hydroxylation is 1. The van der Waals surface area contributed by atoms with Crippen molar-refractivity contribution in [3.63, 3.8) is 0 Å². The summed E-state index contributed by atoms with van der Waals surface area (Å²) in [6, 6.07) is 17.9. The third-order valence-electron chi connectivity index (χ3n) is 6.81. The molecule has 0 bridgehead atoms. The molecule has 1 heterocycles. The van der Waals surface area contributed by atoms with Crippen LogP contribution >= 0.6 is 11.3 Å². The van der Waals surface area contributed by atoms with Crippen molar-refractivity contribution in [2.24, 2.45) is 0 Å². The van der Waals surface area contributed by atoms with Crippen LogP contribution in [0.1, 0.15) is 63.9 Å². The smallest absolute Gasteiger partial charge is 0.159 e. The van der Waals surface area contributed by atoms with Gasteiger partial charge in [-0.2, -0.15) is 0 Å². The molecule has 0 radical (unpaired) electrons. The van der Waals surface area contributed by atoms with Crippen LogP contribution in [0.2, 0.25) is 0 Å². The van der Waals surface area contributed by atoms with Crippen LogP contribution < -0.4 is 0 Å². The Labute approximate surface area is 198 Å². The Morgan fingerprint density at radius 2 is 1.12 bits per heavy atom. The number of hydrogen-bond donors (Lipinski definition) is 0. The van der Waals surface area contributed by atoms with Crippen molar-refractivity contribution >= 4 is 53.1 Å². The molecule has 0 spiro atoms. The Hall–Kier alpha value is -2.52. The highest BCUT2D eigenvalue weighted by molar-refractivity contribution is 7.26. The largest absolute Gasteiger partial charge is 0.204 e. The average molecular weight is 461 g/mol. The van der Waals surface area contributed by atoms with E-state index < -0.39 is 11.6 Å². The van der Waals surface area contributed by atoms with Gasteiger partial charge in [0.1, 0.15) is 0 Å². The summed E-state index contributed by atoms with van der Waals surface area (Å²) in [4.78, 5) is 0. The summed E-state index contributed by atoms with van der Waals surface area (Å²) in [5.74, 6) is -1.59. The zero-order valence-electron chi connectivity index (χ0n) is 19.2. The number of unbranched alkanes of at least 4 members (excludes halogenated alkanes) is 7. The molecule has 0 saturated heterocycles. The van der Waals surface area contributed by atoms with Gasteiger partial charge in [-0.15, -0.1) is 11.3 Å². The first-order chi connectivity index (χ1) is 16.1. The predicted octanol–water partition coefficient (Wildman–Crippen LogP) is 10.3. The second kappa shape index (κ2) is 9.77. The number of benzene rings is 4. The van der Waals surface area contributed by atoms with Crippen molar-refractivity contribution < 1.29 is 8.78 Å². The molecule has 170 valence electrons. The van der Waals surface area contributed by atoms with E-state index in [0.29, 0.717) is 0 Å². The molecule has 3 heteroatoms. The summed E-state index contributed by atoms with van der Waals surface area (Å²) in [7, 11) is 0. The lowest BCUT2D eigenvalue weighted by Gasteiger charge is -2.05. The molecule has 0 aliphatic rings. The van der Waals surface area contributed by atoms with Crippen molar-refractivity contribution in [3.05, 3.63) is 71.8 Å². The Kier molecular flexibility index (Phi) is 6.59. The van der Waals surface area contributed by atoms with Gasteiger partial charge in [0.05, 0.1) is 0 Å². The fourth-order valence-corrected chi connectivity index (χ4v) is 6.09. The van der Waals surface area contributed by atoms with E-state index in [1.54, 1.807) is 11.3 Å². The fourth-order valence-electron chi connectivity index (χ4n) is 4.93. The van der Waals surface area contributed by atoms with Crippen LogP contribution in [0.5, 0.6) is 0 Å². The minimum absolute atomic E-state index is 0.738. The summed E-state index contributed by atoms with van der Waals surface area (Å²) in [5.41, 5.74) is 1.41. The molecule has 0 nitrogen and oxygen atoms in total. The second-order valence-electron chi connectivity index (χ2n) is 9.32. The van der Waals surface area contributed by atoms with Crippen molar-refractivity contribution in [1.29, 1.82) is 0 Å². The molecule has 1 aromatic heterocycles. The Morgan fingerprint density at radius 3 is 1.79 bits per heavy atom. The topological polar surface area (TPSA) is 0 Å². The van der Waals surface area contributed by atoms with Crippen molar-refractivity contribution in [2.45, 2.75) is 64.7 Å². The van der Waals surface area contributed by atoms with Crippen LogP contribution in [-0.2, 0) is 6.42 Å². The van der Waals surface area contributed by atoms with E-state index in [2.05, 4.69) is 37.3 Å². The Bertz CT molecular complexity index is 1430. The van der Waals surface area contributed by atoms with Gasteiger partial charge in [0.25, 0.3) is 0 Å². The number of fused-ring (bicyclic) bond motifs is 5. The number of thiophene rings is 1. The van der Waals surface area contributed by atoms with Crippen LogP contribution in [-0.4, -0.2) is 0 Å². The minimum atomic E-state index is -0.796. The van der Waals surface area contributed by atoms with E-state index in [0.717, 1.165) is 27.3 Å². The highest BCUT2D eigenvalue weighted by Crippen LogP contribution is 2.39. The molecule has 5 aromatic rings. The third-order valence-corrected chi connectivity index (χ3v) is 7.93. The average Bonchev–Trinajstić information content (AvgIpc) is 3.14. The van der Waals surface area contributed by atoms with Gasteiger partial charge in [0, 0.05) is 20.2 Å². The van der Waals surface area contributed by atoms with Crippen LogP contribution in [0.4, 0.5) is 8.78 Å². The van der Waals surface area contributed by atoms with E-state index in [1.807, 2.05) is 12.1 Å². The van der Waals surface area contributed by atoms with E-state index in [9.17, 15) is 8.78 Å². The fraction of sp³-hybridized carbons (Fsp3) is 0.333. The van der Waals surface area contributed by atoms with E-state index in [4.69, 9.17) is 0 Å². The highest BCUT2D eigenvalue weighted by Gasteiger charge is 2.11. The summed E-state index contributed by atoms with van der Waals surface area (Å²) < 4.78 is 29.8. The zero-order valence-corrected chi connectivity index (χ0v) is 20.0. The molecule has 0 aliphatic heterocycles. The predicted molar refractivity (Wildman–Crippen MR) is 141 cm³/mol. The van der Waals surface area contributed by atoms with Crippen molar-refractivity contribution in [1.82, 2.24) is 0 Å². The molecule has 0 N–H and O–H groups in total. The minimum Gasteiger partial charge on any atom is -0.204 e. The van der Waals surface area contributed by atoms with E-state index >= 15 is 0 Å². The second-order valence-corrected chi connectivity index (χ2v) is 10.4. The summed E-state index contributed by atoms with van der Waals surface area (Å²) >= 11 is 1.72. The molecule has 5 rings (SSSR count). The van der Waals surface area contributed by atoms with Gasteiger partial charge < -0.3 is 0 Å². The maximum absolute atomic E-state index is 13.8. The first kappa shape index (κ1) is 22.3. The van der Waals surface area contributed by atoms with E-state index in [1.165, 1.54) is 89.9 Å². The van der Waals surface area contributed by atoms with Gasteiger partial charge in [-0.05, 0) is 76.3 Å². The third kappa shape index (κ3) is 4.75. The summed E-state index contributed by atoms with van der Waals surface area (Å²) in [6.45, 7) is 2.27. The molecule has 0 fully saturated rings. The number of rotatable bonds is 9. The lowest BCUT2D eigenvalue weighted by atomic mass is 9.99. The maximum atomic E-state index is 13.8. The molecule has 0 saturated carbocycles. The summed E-state index contributed by atoms with van der Waals surface area (Å²) in [6.07, 6.45) is 11.9. The quantitative estimate of drug-likeness (QED) is 0.192. The number of halogens is 2. The molecular formula is C30H30F2S. The van der Waals surface area contributed by atoms with Gasteiger partial charge in [-0.25, -0.2) is 8.78 Å². The van der Waals surface area contributed by atoms with Crippen LogP contribution in [0.15, 0.2) is 54.6 Å². The van der Waals surface area contributed by atoms with Crippen LogP contribution in [0.3, 0.4) is 0 Å². The zero-order chi connectivity index (χ0) is 22.8. The molecule has 0 amide bonds. The first-order valence-electron chi connectivity index (χ1n) is 12.3.